The van der Waals surface area contributed by atoms with Crippen LogP contribution in [0, 0.1) is 18.3 Å². The number of amides is 1. The van der Waals surface area contributed by atoms with E-state index in [4.69, 9.17) is 4.74 Å². The lowest BCUT2D eigenvalue weighted by Crippen LogP contribution is -2.31. The van der Waals surface area contributed by atoms with Crippen molar-refractivity contribution in [1.82, 2.24) is 14.3 Å². The zero-order chi connectivity index (χ0) is 23.7. The number of carbonyl (C=O) groups is 1. The Labute approximate surface area is 198 Å². The monoisotopic (exact) mass is 453 g/mol. The molecule has 2 aromatic carbocycles. The fraction of sp³-hybridized carbons (Fsp3) is 0.296. The van der Waals surface area contributed by atoms with Crippen molar-refractivity contribution >= 4 is 22.5 Å². The quantitative estimate of drug-likeness (QED) is 0.421. The number of nitrogens with zero attached hydrogens (tertiary/aromatic N) is 5. The van der Waals surface area contributed by atoms with Gasteiger partial charge in [-0.25, -0.2) is 4.68 Å². The maximum Gasteiger partial charge on any atom is 0.260 e. The number of aryl methyl sites for hydroxylation is 1. The minimum atomic E-state index is -0.104. The van der Waals surface area contributed by atoms with E-state index in [9.17, 15) is 10.1 Å². The molecule has 1 aliphatic heterocycles. The fourth-order valence-corrected chi connectivity index (χ4v) is 4.55. The van der Waals surface area contributed by atoms with E-state index in [1.807, 2.05) is 78.1 Å². The van der Waals surface area contributed by atoms with Gasteiger partial charge in [-0.2, -0.15) is 10.4 Å². The number of benzene rings is 2. The molecular weight excluding hydrogens is 426 g/mol. The summed E-state index contributed by atoms with van der Waals surface area (Å²) >= 11 is 0. The molecule has 0 aliphatic carbocycles. The van der Waals surface area contributed by atoms with E-state index in [-0.39, 0.29) is 12.1 Å². The topological polar surface area (TPSA) is 76.1 Å². The first-order valence-electron chi connectivity index (χ1n) is 11.6. The highest BCUT2D eigenvalue weighted by molar-refractivity contribution is 6.07. The Morgan fingerprint density at radius 1 is 1.24 bits per heavy atom. The van der Waals surface area contributed by atoms with Crippen molar-refractivity contribution in [3.05, 3.63) is 83.3 Å². The highest BCUT2D eigenvalue weighted by atomic mass is 16.5. The molecule has 1 unspecified atom stereocenters. The molecule has 1 fully saturated rings. The van der Waals surface area contributed by atoms with Crippen molar-refractivity contribution in [2.45, 2.75) is 39.0 Å². The third-order valence-electron chi connectivity index (χ3n) is 6.64. The van der Waals surface area contributed by atoms with Crippen LogP contribution in [-0.2, 0) is 18.3 Å². The molecule has 7 heteroatoms. The second-order valence-electron chi connectivity index (χ2n) is 8.74. The molecule has 7 nitrogen and oxygen atoms in total. The predicted molar refractivity (Wildman–Crippen MR) is 130 cm³/mol. The Morgan fingerprint density at radius 2 is 2.09 bits per heavy atom. The molecule has 0 bridgehead atoms. The average molecular weight is 454 g/mol. The van der Waals surface area contributed by atoms with Crippen LogP contribution in [-0.4, -0.2) is 26.9 Å². The number of hydrogen-bond donors (Lipinski definition) is 0. The molecule has 172 valence electrons. The van der Waals surface area contributed by atoms with Gasteiger partial charge in [-0.15, -0.1) is 0 Å². The third kappa shape index (κ3) is 3.97. The van der Waals surface area contributed by atoms with Gasteiger partial charge in [-0.1, -0.05) is 18.2 Å². The summed E-state index contributed by atoms with van der Waals surface area (Å²) in [6, 6.07) is 17.4. The number of fused-ring (bicyclic) bond motifs is 1. The lowest BCUT2D eigenvalue weighted by atomic mass is 10.1. The Bertz CT molecular complexity index is 1390. The Kier molecular flexibility index (Phi) is 5.91. The number of ether oxygens (including phenoxy) is 1. The summed E-state index contributed by atoms with van der Waals surface area (Å²) in [5.41, 5.74) is 4.65. The van der Waals surface area contributed by atoms with Crippen LogP contribution >= 0.6 is 0 Å². The SMILES string of the molecule is Cc1c(C(=O)N(Cc2ccccc2C#N)c2ccc3c(cnn3C3CCCCO3)c2)ccn1C. The van der Waals surface area contributed by atoms with E-state index in [1.165, 1.54) is 0 Å². The average Bonchev–Trinajstić information content (AvgIpc) is 3.45. The highest BCUT2D eigenvalue weighted by Crippen LogP contribution is 2.30. The molecule has 1 atom stereocenters. The molecule has 34 heavy (non-hydrogen) atoms. The van der Waals surface area contributed by atoms with Gasteiger partial charge in [0.2, 0.25) is 0 Å². The van der Waals surface area contributed by atoms with E-state index < -0.39 is 0 Å². The zero-order valence-corrected chi connectivity index (χ0v) is 19.4. The number of anilines is 1. The summed E-state index contributed by atoms with van der Waals surface area (Å²) < 4.78 is 9.80. The first-order chi connectivity index (χ1) is 16.6. The summed E-state index contributed by atoms with van der Waals surface area (Å²) in [5.74, 6) is -0.104. The summed E-state index contributed by atoms with van der Waals surface area (Å²) in [6.45, 7) is 2.98. The van der Waals surface area contributed by atoms with Crippen LogP contribution in [0.2, 0.25) is 0 Å². The Morgan fingerprint density at radius 3 is 2.82 bits per heavy atom. The Hall–Kier alpha value is -3.89. The summed E-state index contributed by atoms with van der Waals surface area (Å²) in [6.07, 6.45) is 6.82. The number of carbonyl (C=O) groups excluding carboxylic acids is 1. The van der Waals surface area contributed by atoms with Crippen LogP contribution in [0.25, 0.3) is 10.9 Å². The number of nitriles is 1. The van der Waals surface area contributed by atoms with Gasteiger partial charge >= 0.3 is 0 Å². The van der Waals surface area contributed by atoms with Crippen LogP contribution in [0.5, 0.6) is 0 Å². The molecule has 2 aromatic heterocycles. The number of rotatable bonds is 5. The van der Waals surface area contributed by atoms with Gasteiger partial charge in [-0.05, 0) is 62.1 Å². The van der Waals surface area contributed by atoms with E-state index in [2.05, 4.69) is 11.2 Å². The molecule has 4 aromatic rings. The van der Waals surface area contributed by atoms with Crippen molar-refractivity contribution in [3.63, 3.8) is 0 Å². The van der Waals surface area contributed by atoms with Crippen molar-refractivity contribution in [3.8, 4) is 6.07 Å². The first kappa shape index (κ1) is 21.9. The molecule has 0 radical (unpaired) electrons. The summed E-state index contributed by atoms with van der Waals surface area (Å²) in [7, 11) is 1.93. The van der Waals surface area contributed by atoms with E-state index in [0.29, 0.717) is 17.7 Å². The van der Waals surface area contributed by atoms with E-state index >= 15 is 0 Å². The minimum Gasteiger partial charge on any atom is -0.356 e. The van der Waals surface area contributed by atoms with Gasteiger partial charge in [0.15, 0.2) is 6.23 Å². The van der Waals surface area contributed by atoms with E-state index in [0.717, 1.165) is 53.7 Å². The highest BCUT2D eigenvalue weighted by Gasteiger charge is 2.24. The molecule has 1 amide bonds. The lowest BCUT2D eigenvalue weighted by Gasteiger charge is -2.25. The largest absolute Gasteiger partial charge is 0.356 e. The summed E-state index contributed by atoms with van der Waals surface area (Å²) in [4.78, 5) is 15.5. The minimum absolute atomic E-state index is 0.0516. The normalized spacial score (nSPS) is 15.9. The first-order valence-corrected chi connectivity index (χ1v) is 11.6. The molecular formula is C27H27N5O2. The molecule has 0 spiro atoms. The maximum absolute atomic E-state index is 13.8. The molecule has 1 saturated heterocycles. The molecule has 3 heterocycles. The van der Waals surface area contributed by atoms with Crippen LogP contribution < -0.4 is 4.90 Å². The second kappa shape index (κ2) is 9.16. The molecule has 5 rings (SSSR count). The van der Waals surface area contributed by atoms with Crippen molar-refractivity contribution in [2.24, 2.45) is 7.05 Å². The molecule has 0 N–H and O–H groups in total. The standard InChI is InChI=1S/C27H27N5O2/c1-19-24(12-13-30(19)2)27(33)31(18-21-8-4-3-7-20(21)16-28)23-10-11-25-22(15-23)17-29-32(25)26-9-5-6-14-34-26/h3-4,7-8,10-13,15,17,26H,5-6,9,14,18H2,1-2H3. The van der Waals surface area contributed by atoms with Gasteiger partial charge in [0.1, 0.15) is 0 Å². The molecule has 0 saturated carbocycles. The van der Waals surface area contributed by atoms with Crippen LogP contribution in [0.4, 0.5) is 5.69 Å². The number of aromatic nitrogens is 3. The smallest absolute Gasteiger partial charge is 0.260 e. The number of hydrogen-bond acceptors (Lipinski definition) is 4. The zero-order valence-electron chi connectivity index (χ0n) is 19.4. The van der Waals surface area contributed by atoms with Crippen LogP contribution in [0.1, 0.15) is 52.7 Å². The lowest BCUT2D eigenvalue weighted by molar-refractivity contribution is -0.0366. The Balaban J connectivity index is 1.56. The van der Waals surface area contributed by atoms with Gasteiger partial charge in [0.05, 0.1) is 35.5 Å². The third-order valence-corrected chi connectivity index (χ3v) is 6.64. The van der Waals surface area contributed by atoms with Gasteiger partial charge in [0.25, 0.3) is 5.91 Å². The van der Waals surface area contributed by atoms with Gasteiger partial charge < -0.3 is 14.2 Å². The summed E-state index contributed by atoms with van der Waals surface area (Å²) in [5, 5.41) is 15.1. The predicted octanol–water partition coefficient (Wildman–Crippen LogP) is 5.10. The van der Waals surface area contributed by atoms with Crippen molar-refractivity contribution in [2.75, 3.05) is 11.5 Å². The van der Waals surface area contributed by atoms with E-state index in [1.54, 1.807) is 11.0 Å². The van der Waals surface area contributed by atoms with Crippen LogP contribution in [0.15, 0.2) is 60.9 Å². The van der Waals surface area contributed by atoms with Crippen molar-refractivity contribution < 1.29 is 9.53 Å². The second-order valence-corrected chi connectivity index (χ2v) is 8.74. The molecule has 1 aliphatic rings. The fourth-order valence-electron chi connectivity index (χ4n) is 4.55. The van der Waals surface area contributed by atoms with Crippen LogP contribution in [0.3, 0.4) is 0 Å². The van der Waals surface area contributed by atoms with Gasteiger partial charge in [0, 0.05) is 36.6 Å². The maximum atomic E-state index is 13.8. The van der Waals surface area contributed by atoms with Crippen molar-refractivity contribution in [1.29, 1.82) is 5.26 Å². The van der Waals surface area contributed by atoms with Gasteiger partial charge in [-0.3, -0.25) is 4.79 Å².